The molecule has 1 heterocycles. The van der Waals surface area contributed by atoms with Crippen molar-refractivity contribution in [3.05, 3.63) is 23.9 Å². The highest BCUT2D eigenvalue weighted by Gasteiger charge is 2.03. The number of hydrogen-bond acceptors (Lipinski definition) is 3. The van der Waals surface area contributed by atoms with Crippen LogP contribution in [0.3, 0.4) is 0 Å². The van der Waals surface area contributed by atoms with E-state index in [2.05, 4.69) is 58.4 Å². The Hall–Kier alpha value is -1.05. The van der Waals surface area contributed by atoms with Crippen molar-refractivity contribution in [2.45, 2.75) is 46.6 Å². The van der Waals surface area contributed by atoms with E-state index in [0.717, 1.165) is 43.5 Å². The van der Waals surface area contributed by atoms with E-state index in [4.69, 9.17) is 0 Å². The molecule has 0 saturated heterocycles. The second-order valence-electron chi connectivity index (χ2n) is 5.26. The summed E-state index contributed by atoms with van der Waals surface area (Å²) in [5.41, 5.74) is 1.16. The maximum Gasteiger partial charge on any atom is 0.191 e. The van der Waals surface area contributed by atoms with E-state index in [9.17, 15) is 0 Å². The third-order valence-corrected chi connectivity index (χ3v) is 3.65. The van der Waals surface area contributed by atoms with Crippen LogP contribution in [0.5, 0.6) is 0 Å². The van der Waals surface area contributed by atoms with Crippen LogP contribution in [0, 0.1) is 0 Å². The Labute approximate surface area is 158 Å². The molecule has 1 rings (SSSR count). The minimum absolute atomic E-state index is 0. The molecule has 0 saturated carbocycles. The number of pyridine rings is 1. The maximum atomic E-state index is 4.54. The van der Waals surface area contributed by atoms with Crippen molar-refractivity contribution in [3.63, 3.8) is 0 Å². The highest BCUT2D eigenvalue weighted by atomic mass is 127. The Bertz CT molecular complexity index is 429. The fourth-order valence-electron chi connectivity index (χ4n) is 2.24. The molecule has 0 aliphatic heterocycles. The van der Waals surface area contributed by atoms with Crippen LogP contribution in [0.25, 0.3) is 0 Å². The maximum absolute atomic E-state index is 4.54. The smallest absolute Gasteiger partial charge is 0.191 e. The zero-order chi connectivity index (χ0) is 16.2. The number of hydrogen-bond donors (Lipinski definition) is 2. The highest BCUT2D eigenvalue weighted by molar-refractivity contribution is 14.0. The Balaban J connectivity index is 0.00000484. The first-order valence-corrected chi connectivity index (χ1v) is 8.39. The van der Waals surface area contributed by atoms with E-state index in [-0.39, 0.29) is 24.0 Å². The molecule has 1 aromatic heterocycles. The van der Waals surface area contributed by atoms with Gasteiger partial charge < -0.3 is 15.5 Å². The minimum atomic E-state index is 0. The lowest BCUT2D eigenvalue weighted by atomic mass is 10.2. The van der Waals surface area contributed by atoms with E-state index in [1.165, 1.54) is 19.3 Å². The van der Waals surface area contributed by atoms with Gasteiger partial charge in [0.15, 0.2) is 5.96 Å². The Kier molecular flexibility index (Phi) is 12.8. The van der Waals surface area contributed by atoms with Crippen molar-refractivity contribution in [3.8, 4) is 0 Å². The van der Waals surface area contributed by atoms with Gasteiger partial charge >= 0.3 is 0 Å². The van der Waals surface area contributed by atoms with Gasteiger partial charge in [-0.05, 0) is 31.9 Å². The van der Waals surface area contributed by atoms with Gasteiger partial charge in [-0.1, -0.05) is 25.8 Å². The van der Waals surface area contributed by atoms with Crippen LogP contribution in [0.1, 0.15) is 45.6 Å². The summed E-state index contributed by atoms with van der Waals surface area (Å²) in [6.45, 7) is 10.2. The number of unbranched alkanes of at least 4 members (excludes halogenated alkanes) is 2. The third kappa shape index (κ3) is 8.39. The number of rotatable bonds is 9. The summed E-state index contributed by atoms with van der Waals surface area (Å²) in [6.07, 6.45) is 5.60. The van der Waals surface area contributed by atoms with Gasteiger partial charge in [0.1, 0.15) is 5.82 Å². The molecule has 1 aromatic rings. The first-order chi connectivity index (χ1) is 10.7. The average molecular weight is 433 g/mol. The van der Waals surface area contributed by atoms with Crippen molar-refractivity contribution < 1.29 is 0 Å². The molecule has 132 valence electrons. The minimum Gasteiger partial charge on any atom is -0.357 e. The molecule has 0 amide bonds. The van der Waals surface area contributed by atoms with Crippen molar-refractivity contribution >= 4 is 35.8 Å². The van der Waals surface area contributed by atoms with Crippen molar-refractivity contribution in [2.75, 3.05) is 31.6 Å². The molecule has 0 bridgehead atoms. The average Bonchev–Trinajstić information content (AvgIpc) is 2.56. The van der Waals surface area contributed by atoms with E-state index < -0.39 is 0 Å². The quantitative estimate of drug-likeness (QED) is 0.271. The highest BCUT2D eigenvalue weighted by Crippen LogP contribution is 2.10. The fourth-order valence-corrected chi connectivity index (χ4v) is 2.24. The summed E-state index contributed by atoms with van der Waals surface area (Å²) in [5, 5.41) is 6.66. The lowest BCUT2D eigenvalue weighted by Crippen LogP contribution is -2.37. The van der Waals surface area contributed by atoms with Crippen LogP contribution >= 0.6 is 24.0 Å². The lowest BCUT2D eigenvalue weighted by Gasteiger charge is -2.19. The standard InChI is InChI=1S/C17H31N5.HI/c1-5-8-9-12-19-17(18-4)21-14-15-10-11-16(20-13-15)22(6-2)7-3;/h10-11,13H,5-9,12,14H2,1-4H3,(H2,18,19,21);1H. The monoisotopic (exact) mass is 433 g/mol. The summed E-state index contributed by atoms with van der Waals surface area (Å²) in [7, 11) is 1.80. The summed E-state index contributed by atoms with van der Waals surface area (Å²) >= 11 is 0. The Morgan fingerprint density at radius 1 is 1.13 bits per heavy atom. The van der Waals surface area contributed by atoms with Crippen LogP contribution in [-0.4, -0.2) is 37.6 Å². The summed E-state index contributed by atoms with van der Waals surface area (Å²) in [6, 6.07) is 4.21. The molecule has 0 aliphatic rings. The van der Waals surface area contributed by atoms with Crippen LogP contribution in [-0.2, 0) is 6.54 Å². The largest absolute Gasteiger partial charge is 0.357 e. The van der Waals surface area contributed by atoms with Crippen molar-refractivity contribution in [2.24, 2.45) is 4.99 Å². The molecular weight excluding hydrogens is 401 g/mol. The van der Waals surface area contributed by atoms with Gasteiger partial charge in [0, 0.05) is 39.4 Å². The van der Waals surface area contributed by atoms with E-state index in [0.29, 0.717) is 0 Å². The summed E-state index contributed by atoms with van der Waals surface area (Å²) < 4.78 is 0. The van der Waals surface area contributed by atoms with E-state index >= 15 is 0 Å². The lowest BCUT2D eigenvalue weighted by molar-refractivity contribution is 0.682. The predicted octanol–water partition coefficient (Wildman–Crippen LogP) is 3.40. The zero-order valence-electron chi connectivity index (χ0n) is 14.9. The number of anilines is 1. The molecule has 2 N–H and O–H groups in total. The first kappa shape index (κ1) is 21.9. The molecule has 0 radical (unpaired) electrons. The summed E-state index contributed by atoms with van der Waals surface area (Å²) in [5.74, 6) is 1.89. The Morgan fingerprint density at radius 2 is 1.87 bits per heavy atom. The van der Waals surface area contributed by atoms with E-state index in [1.54, 1.807) is 7.05 Å². The molecule has 23 heavy (non-hydrogen) atoms. The van der Waals surface area contributed by atoms with Gasteiger partial charge in [0.2, 0.25) is 0 Å². The molecule has 5 nitrogen and oxygen atoms in total. The van der Waals surface area contributed by atoms with Crippen LogP contribution in [0.2, 0.25) is 0 Å². The molecular formula is C17H32IN5. The second-order valence-corrected chi connectivity index (χ2v) is 5.26. The summed E-state index contributed by atoms with van der Waals surface area (Å²) in [4.78, 5) is 11.0. The van der Waals surface area contributed by atoms with Gasteiger partial charge in [-0.3, -0.25) is 4.99 Å². The third-order valence-electron chi connectivity index (χ3n) is 3.65. The number of guanidine groups is 1. The van der Waals surface area contributed by atoms with Gasteiger partial charge in [-0.15, -0.1) is 24.0 Å². The van der Waals surface area contributed by atoms with Crippen LogP contribution in [0.15, 0.2) is 23.3 Å². The number of aliphatic imine (C=N–C) groups is 1. The van der Waals surface area contributed by atoms with Gasteiger partial charge in [0.05, 0.1) is 0 Å². The van der Waals surface area contributed by atoms with Crippen LogP contribution < -0.4 is 15.5 Å². The molecule has 6 heteroatoms. The first-order valence-electron chi connectivity index (χ1n) is 8.39. The predicted molar refractivity (Wildman–Crippen MR) is 111 cm³/mol. The molecule has 0 aliphatic carbocycles. The number of aromatic nitrogens is 1. The molecule has 0 unspecified atom stereocenters. The van der Waals surface area contributed by atoms with E-state index in [1.807, 2.05) is 6.20 Å². The van der Waals surface area contributed by atoms with Crippen molar-refractivity contribution in [1.82, 2.24) is 15.6 Å². The number of halogens is 1. The molecule has 0 fully saturated rings. The van der Waals surface area contributed by atoms with Gasteiger partial charge in [-0.2, -0.15) is 0 Å². The number of nitrogens with zero attached hydrogens (tertiary/aromatic N) is 3. The Morgan fingerprint density at radius 3 is 2.39 bits per heavy atom. The molecule has 0 spiro atoms. The fraction of sp³-hybridized carbons (Fsp3) is 0.647. The van der Waals surface area contributed by atoms with Crippen LogP contribution in [0.4, 0.5) is 5.82 Å². The normalized spacial score (nSPS) is 10.9. The van der Waals surface area contributed by atoms with Gasteiger partial charge in [-0.25, -0.2) is 4.98 Å². The molecule has 0 aromatic carbocycles. The van der Waals surface area contributed by atoms with Gasteiger partial charge in [0.25, 0.3) is 0 Å². The zero-order valence-corrected chi connectivity index (χ0v) is 17.3. The topological polar surface area (TPSA) is 52.6 Å². The number of nitrogens with one attached hydrogen (secondary N) is 2. The van der Waals surface area contributed by atoms with Crippen molar-refractivity contribution in [1.29, 1.82) is 0 Å². The SMILES string of the molecule is CCCCCNC(=NC)NCc1ccc(N(CC)CC)nc1.I. The second kappa shape index (κ2) is 13.4. The molecule has 0 atom stereocenters.